The first-order chi connectivity index (χ1) is 33.0. The first-order valence-electron chi connectivity index (χ1n) is 25.8. The van der Waals surface area contributed by atoms with Crippen molar-refractivity contribution in [3.63, 3.8) is 0 Å². The Morgan fingerprint density at radius 3 is 1.09 bits per heavy atom. The minimum atomic E-state index is -0.849. The molecule has 1 unspecified atom stereocenters. The van der Waals surface area contributed by atoms with Crippen molar-refractivity contribution in [2.75, 3.05) is 13.2 Å². The van der Waals surface area contributed by atoms with Crippen LogP contribution in [0.1, 0.15) is 175 Å². The van der Waals surface area contributed by atoms with Gasteiger partial charge in [-0.3, -0.25) is 14.4 Å². The molecule has 6 nitrogen and oxygen atoms in total. The van der Waals surface area contributed by atoms with Crippen molar-refractivity contribution in [3.05, 3.63) is 170 Å². The first-order valence-corrected chi connectivity index (χ1v) is 25.8. The second-order valence-electron chi connectivity index (χ2n) is 16.2. The zero-order valence-electron chi connectivity index (χ0n) is 42.1. The third-order valence-corrected chi connectivity index (χ3v) is 9.98. The van der Waals surface area contributed by atoms with Crippen LogP contribution in [-0.4, -0.2) is 37.2 Å². The molecule has 0 radical (unpaired) electrons. The van der Waals surface area contributed by atoms with Crippen LogP contribution in [0.4, 0.5) is 0 Å². The normalized spacial score (nSPS) is 13.5. The van der Waals surface area contributed by atoms with Crippen LogP contribution < -0.4 is 0 Å². The summed E-state index contributed by atoms with van der Waals surface area (Å²) >= 11 is 0. The van der Waals surface area contributed by atoms with Gasteiger partial charge in [-0.1, -0.05) is 236 Å². The molecule has 6 heteroatoms. The number of rotatable bonds is 43. The molecule has 0 bridgehead atoms. The van der Waals surface area contributed by atoms with Crippen molar-refractivity contribution in [2.24, 2.45) is 0 Å². The van der Waals surface area contributed by atoms with E-state index in [9.17, 15) is 14.4 Å². The molecule has 370 valence electrons. The highest BCUT2D eigenvalue weighted by molar-refractivity contribution is 5.71. The number of carbonyl (C=O) groups is 3. The van der Waals surface area contributed by atoms with Gasteiger partial charge in [0.15, 0.2) is 6.10 Å². The molecule has 1 atom stereocenters. The van der Waals surface area contributed by atoms with Gasteiger partial charge in [-0.25, -0.2) is 0 Å². The lowest BCUT2D eigenvalue weighted by Gasteiger charge is -2.18. The molecule has 0 saturated carbocycles. The average molecular weight is 919 g/mol. The zero-order valence-corrected chi connectivity index (χ0v) is 42.1. The predicted octanol–water partition coefficient (Wildman–Crippen LogP) is 17.2. The Morgan fingerprint density at radius 1 is 0.328 bits per heavy atom. The summed E-state index contributed by atoms with van der Waals surface area (Å²) in [5.41, 5.74) is 0. The number of carbonyl (C=O) groups excluding carboxylic acids is 3. The van der Waals surface area contributed by atoms with Crippen LogP contribution in [0.25, 0.3) is 0 Å². The smallest absolute Gasteiger partial charge is 0.306 e. The molecule has 0 heterocycles. The molecule has 0 rings (SSSR count). The summed E-state index contributed by atoms with van der Waals surface area (Å²) in [4.78, 5) is 38.0. The molecular weight excluding hydrogens is 829 g/mol. The van der Waals surface area contributed by atoms with E-state index in [0.717, 1.165) is 70.6 Å². The molecule has 0 aliphatic rings. The maximum Gasteiger partial charge on any atom is 0.306 e. The van der Waals surface area contributed by atoms with Crippen LogP contribution in [0.5, 0.6) is 0 Å². The highest BCUT2D eigenvalue weighted by Gasteiger charge is 2.19. The quantitative estimate of drug-likeness (QED) is 0.0199. The Balaban J connectivity index is 4.67. The molecule has 0 aromatic rings. The Kier molecular flexibility index (Phi) is 49.2. The van der Waals surface area contributed by atoms with Crippen molar-refractivity contribution in [3.8, 4) is 0 Å². The maximum absolute atomic E-state index is 12.8. The molecule has 0 spiro atoms. The maximum atomic E-state index is 12.8. The Bertz CT molecular complexity index is 1620. The van der Waals surface area contributed by atoms with E-state index in [1.807, 2.05) is 109 Å². The molecule has 0 aromatic heterocycles. The van der Waals surface area contributed by atoms with Gasteiger partial charge >= 0.3 is 17.9 Å². The number of allylic oxidation sites excluding steroid dienone is 28. The van der Waals surface area contributed by atoms with Crippen molar-refractivity contribution >= 4 is 17.9 Å². The minimum Gasteiger partial charge on any atom is -0.462 e. The number of ether oxygens (including phenoxy) is 3. The van der Waals surface area contributed by atoms with E-state index in [2.05, 4.69) is 81.5 Å². The predicted molar refractivity (Wildman–Crippen MR) is 288 cm³/mol. The van der Waals surface area contributed by atoms with Gasteiger partial charge in [0.1, 0.15) is 13.2 Å². The van der Waals surface area contributed by atoms with Gasteiger partial charge in [0.05, 0.1) is 0 Å². The van der Waals surface area contributed by atoms with Gasteiger partial charge < -0.3 is 14.2 Å². The van der Waals surface area contributed by atoms with E-state index in [4.69, 9.17) is 14.2 Å². The van der Waals surface area contributed by atoms with Gasteiger partial charge in [0.2, 0.25) is 0 Å². The third-order valence-electron chi connectivity index (χ3n) is 9.98. The second-order valence-corrected chi connectivity index (χ2v) is 16.2. The SMILES string of the molecule is CC\C=C/C=C\C=C/C=C\C=C\C=C/C=C\CCCCCC(=O)OCC(COC(=O)CCCCC\C=C/C=C\C=C/C=C\CC)OC(=O)CCC/C=C\C/C=C\C/C=C\CCCCCCCC. The Labute approximate surface area is 409 Å². The molecule has 0 fully saturated rings. The molecule has 67 heavy (non-hydrogen) atoms. The largest absolute Gasteiger partial charge is 0.462 e. The lowest BCUT2D eigenvalue weighted by molar-refractivity contribution is -0.167. The van der Waals surface area contributed by atoms with E-state index >= 15 is 0 Å². The van der Waals surface area contributed by atoms with Crippen LogP contribution in [0.15, 0.2) is 170 Å². The standard InChI is InChI=1S/C61H90O6/c1-4-7-10-13-16-19-22-25-27-29-30-32-33-36-39-42-45-48-51-54-60(63)66-57-58(56-65-59(62)53-50-47-44-41-38-35-24-21-18-15-12-9-6-3)67-61(64)55-52-49-46-43-40-37-34-31-28-26-23-20-17-14-11-8-5-2/h7,9-10,12-13,15-16,18-19,21-22,24-30,32-39,43,46,58H,4-6,8,11,14,17,20,23,31,40-42,44-45,47-57H2,1-3H3/b10-7-,12-9-,16-13-,18-15-,22-19-,24-21-,27-25-,28-26-,30-29+,33-32-,37-34-,38-35-,39-36-,46-43-. The van der Waals surface area contributed by atoms with Crippen molar-refractivity contribution in [1.82, 2.24) is 0 Å². The number of unbranched alkanes of at least 4 members (excludes halogenated alkanes) is 13. The molecule has 0 aliphatic carbocycles. The van der Waals surface area contributed by atoms with Gasteiger partial charge in [-0.2, -0.15) is 0 Å². The molecular formula is C61H90O6. The van der Waals surface area contributed by atoms with Crippen LogP contribution >= 0.6 is 0 Å². The lowest BCUT2D eigenvalue weighted by atomic mass is 10.1. The Hall–Kier alpha value is -5.23. The summed E-state index contributed by atoms with van der Waals surface area (Å²) < 4.78 is 16.7. The molecule has 0 aliphatic heterocycles. The van der Waals surface area contributed by atoms with E-state index < -0.39 is 12.1 Å². The van der Waals surface area contributed by atoms with Crippen molar-refractivity contribution in [2.45, 2.75) is 181 Å². The summed E-state index contributed by atoms with van der Waals surface area (Å²) in [5.74, 6) is -1.09. The highest BCUT2D eigenvalue weighted by atomic mass is 16.6. The first kappa shape index (κ1) is 61.8. The summed E-state index contributed by atoms with van der Waals surface area (Å²) in [5, 5.41) is 0. The highest BCUT2D eigenvalue weighted by Crippen LogP contribution is 2.11. The Morgan fingerprint density at radius 2 is 0.657 bits per heavy atom. The average Bonchev–Trinajstić information content (AvgIpc) is 3.33. The molecule has 0 amide bonds. The summed E-state index contributed by atoms with van der Waals surface area (Å²) in [6.07, 6.45) is 79.1. The number of esters is 3. The van der Waals surface area contributed by atoms with Crippen molar-refractivity contribution in [1.29, 1.82) is 0 Å². The van der Waals surface area contributed by atoms with Crippen LogP contribution in [0, 0.1) is 0 Å². The molecule has 0 N–H and O–H groups in total. The minimum absolute atomic E-state index is 0.143. The number of hydrogen-bond donors (Lipinski definition) is 0. The van der Waals surface area contributed by atoms with E-state index in [-0.39, 0.29) is 44.4 Å². The lowest BCUT2D eigenvalue weighted by Crippen LogP contribution is -2.30. The fourth-order valence-electron chi connectivity index (χ4n) is 6.16. The van der Waals surface area contributed by atoms with E-state index in [1.54, 1.807) is 0 Å². The summed E-state index contributed by atoms with van der Waals surface area (Å²) in [6, 6.07) is 0. The molecule has 0 saturated heterocycles. The third kappa shape index (κ3) is 51.6. The molecule has 0 aromatic carbocycles. The number of hydrogen-bond acceptors (Lipinski definition) is 6. The van der Waals surface area contributed by atoms with E-state index in [1.165, 1.54) is 44.9 Å². The fraction of sp³-hybridized carbons (Fsp3) is 0.492. The van der Waals surface area contributed by atoms with Crippen molar-refractivity contribution < 1.29 is 28.6 Å². The van der Waals surface area contributed by atoms with Crippen LogP contribution in [0.2, 0.25) is 0 Å². The fourth-order valence-corrected chi connectivity index (χ4v) is 6.16. The van der Waals surface area contributed by atoms with Crippen LogP contribution in [0.3, 0.4) is 0 Å². The van der Waals surface area contributed by atoms with Gasteiger partial charge in [0, 0.05) is 19.3 Å². The zero-order chi connectivity index (χ0) is 48.6. The monoisotopic (exact) mass is 919 g/mol. The van der Waals surface area contributed by atoms with Gasteiger partial charge in [-0.05, 0) is 89.9 Å². The van der Waals surface area contributed by atoms with Gasteiger partial charge in [-0.15, -0.1) is 0 Å². The van der Waals surface area contributed by atoms with E-state index in [0.29, 0.717) is 19.3 Å². The van der Waals surface area contributed by atoms with Gasteiger partial charge in [0.25, 0.3) is 0 Å². The summed E-state index contributed by atoms with van der Waals surface area (Å²) in [6.45, 7) is 6.19. The second kappa shape index (κ2) is 53.4. The topological polar surface area (TPSA) is 78.9 Å². The van der Waals surface area contributed by atoms with Crippen LogP contribution in [-0.2, 0) is 28.6 Å². The summed E-state index contributed by atoms with van der Waals surface area (Å²) in [7, 11) is 0.